The number of hydrogen-bond acceptors (Lipinski definition) is 5. The lowest BCUT2D eigenvalue weighted by molar-refractivity contribution is -0.00643. The summed E-state index contributed by atoms with van der Waals surface area (Å²) in [5, 5.41) is 0. The first-order valence-corrected chi connectivity index (χ1v) is 8.80. The van der Waals surface area contributed by atoms with E-state index < -0.39 is 23.4 Å². The summed E-state index contributed by atoms with van der Waals surface area (Å²) in [5.74, 6) is 0.755. The molecule has 0 N–H and O–H groups in total. The molecule has 0 bridgehead atoms. The van der Waals surface area contributed by atoms with Gasteiger partial charge in [0.1, 0.15) is 17.0 Å². The first-order valence-electron chi connectivity index (χ1n) is 8.80. The number of methoxy groups -OCH3 is 1. The van der Waals surface area contributed by atoms with E-state index in [0.29, 0.717) is 12.8 Å². The number of fused-ring (bicyclic) bond motifs is 1. The van der Waals surface area contributed by atoms with Crippen LogP contribution in [0.3, 0.4) is 0 Å². The van der Waals surface area contributed by atoms with Crippen molar-refractivity contribution in [2.24, 2.45) is 0 Å². The smallest absolute Gasteiger partial charge is 0.420 e. The molecule has 0 saturated carbocycles. The van der Waals surface area contributed by atoms with Crippen molar-refractivity contribution in [3.8, 4) is 5.75 Å². The number of nitrogens with zero attached hydrogens (tertiary/aromatic N) is 1. The van der Waals surface area contributed by atoms with Crippen LogP contribution in [0.5, 0.6) is 5.75 Å². The molecule has 1 aromatic rings. The molecule has 1 aliphatic carbocycles. The van der Waals surface area contributed by atoms with Crippen molar-refractivity contribution in [2.45, 2.75) is 71.6 Å². The van der Waals surface area contributed by atoms with Crippen molar-refractivity contribution < 1.29 is 23.8 Å². The van der Waals surface area contributed by atoms with E-state index in [9.17, 15) is 9.59 Å². The van der Waals surface area contributed by atoms with Crippen molar-refractivity contribution in [3.63, 3.8) is 0 Å². The van der Waals surface area contributed by atoms with E-state index in [2.05, 4.69) is 0 Å². The molecule has 6 nitrogen and oxygen atoms in total. The number of rotatable bonds is 2. The maximum atomic E-state index is 12.7. The normalized spacial score (nSPS) is 16.7. The van der Waals surface area contributed by atoms with Gasteiger partial charge in [0, 0.05) is 0 Å². The lowest BCUT2D eigenvalue weighted by atomic mass is 10.1. The van der Waals surface area contributed by atoms with Crippen LogP contribution in [0.25, 0.3) is 0 Å². The average molecular weight is 363 g/mol. The van der Waals surface area contributed by atoms with Crippen molar-refractivity contribution >= 4 is 12.2 Å². The van der Waals surface area contributed by atoms with Gasteiger partial charge in [-0.1, -0.05) is 6.07 Å². The second-order valence-electron chi connectivity index (χ2n) is 8.53. The molecule has 2 amide bonds. The zero-order chi connectivity index (χ0) is 19.7. The van der Waals surface area contributed by atoms with Crippen LogP contribution in [0.1, 0.15) is 52.7 Å². The van der Waals surface area contributed by atoms with Gasteiger partial charge in [-0.25, -0.2) is 14.5 Å². The molecule has 26 heavy (non-hydrogen) atoms. The Morgan fingerprint density at radius 2 is 1.42 bits per heavy atom. The number of ether oxygens (including phenoxy) is 3. The highest BCUT2D eigenvalue weighted by Crippen LogP contribution is 2.30. The van der Waals surface area contributed by atoms with Gasteiger partial charge in [-0.2, -0.15) is 0 Å². The van der Waals surface area contributed by atoms with Crippen molar-refractivity contribution in [1.82, 2.24) is 4.90 Å². The molecule has 0 aromatic heterocycles. The fraction of sp³-hybridized carbons (Fsp3) is 0.600. The molecule has 0 aliphatic heterocycles. The third kappa shape index (κ3) is 5.13. The molecule has 0 radical (unpaired) electrons. The van der Waals surface area contributed by atoms with E-state index in [4.69, 9.17) is 14.2 Å². The zero-order valence-electron chi connectivity index (χ0n) is 16.7. The van der Waals surface area contributed by atoms with Gasteiger partial charge in [0.15, 0.2) is 0 Å². The van der Waals surface area contributed by atoms with Crippen LogP contribution >= 0.6 is 0 Å². The molecular weight excluding hydrogens is 334 g/mol. The highest BCUT2D eigenvalue weighted by molar-refractivity contribution is 5.89. The molecule has 1 unspecified atom stereocenters. The Bertz CT molecular complexity index is 656. The highest BCUT2D eigenvalue weighted by Gasteiger charge is 2.39. The third-order valence-corrected chi connectivity index (χ3v) is 3.87. The van der Waals surface area contributed by atoms with Gasteiger partial charge >= 0.3 is 12.2 Å². The highest BCUT2D eigenvalue weighted by atomic mass is 16.6. The second-order valence-corrected chi connectivity index (χ2v) is 8.53. The van der Waals surface area contributed by atoms with E-state index >= 15 is 0 Å². The van der Waals surface area contributed by atoms with Crippen molar-refractivity contribution in [1.29, 1.82) is 0 Å². The van der Waals surface area contributed by atoms with Crippen LogP contribution in [-0.2, 0) is 22.3 Å². The van der Waals surface area contributed by atoms with Gasteiger partial charge in [0.05, 0.1) is 13.2 Å². The first-order chi connectivity index (χ1) is 11.9. The number of imide groups is 1. The van der Waals surface area contributed by atoms with Crippen LogP contribution in [-0.4, -0.2) is 41.4 Å². The van der Waals surface area contributed by atoms with Crippen LogP contribution in [0.2, 0.25) is 0 Å². The topological polar surface area (TPSA) is 65.1 Å². The predicted molar refractivity (Wildman–Crippen MR) is 98.5 cm³/mol. The van der Waals surface area contributed by atoms with Crippen LogP contribution in [0.4, 0.5) is 9.59 Å². The second kappa shape index (κ2) is 7.17. The Morgan fingerprint density at radius 1 is 0.923 bits per heavy atom. The summed E-state index contributed by atoms with van der Waals surface area (Å²) in [7, 11) is 1.61. The van der Waals surface area contributed by atoms with Crippen molar-refractivity contribution in [3.05, 3.63) is 29.3 Å². The van der Waals surface area contributed by atoms with Gasteiger partial charge in [0.2, 0.25) is 0 Å². The molecule has 1 aromatic carbocycles. The van der Waals surface area contributed by atoms with E-state index in [1.54, 1.807) is 48.7 Å². The lowest BCUT2D eigenvalue weighted by Gasteiger charge is -2.31. The summed E-state index contributed by atoms with van der Waals surface area (Å²) < 4.78 is 16.2. The van der Waals surface area contributed by atoms with Gasteiger partial charge in [-0.15, -0.1) is 0 Å². The number of hydrogen-bond donors (Lipinski definition) is 0. The van der Waals surface area contributed by atoms with Crippen LogP contribution in [0.15, 0.2) is 18.2 Å². The van der Waals surface area contributed by atoms with Crippen LogP contribution in [0, 0.1) is 0 Å². The summed E-state index contributed by atoms with van der Waals surface area (Å²) >= 11 is 0. The first kappa shape index (κ1) is 20.1. The minimum atomic E-state index is -0.702. The standard InChI is InChI=1S/C20H29NO5/c1-19(2,3)25-17(22)21(18(23)26-20(4,5)6)15-10-13-8-9-16(24-7)12-14(13)11-15/h8-9,12,15H,10-11H2,1-7H3. The maximum absolute atomic E-state index is 12.7. The van der Waals surface area contributed by atoms with Crippen LogP contribution < -0.4 is 4.74 Å². The predicted octanol–water partition coefficient (Wildman–Crippen LogP) is 4.33. The lowest BCUT2D eigenvalue weighted by Crippen LogP contribution is -2.49. The molecule has 6 heteroatoms. The fourth-order valence-electron chi connectivity index (χ4n) is 2.88. The largest absolute Gasteiger partial charge is 0.497 e. The van der Waals surface area contributed by atoms with Gasteiger partial charge in [-0.05, 0) is 77.6 Å². The molecule has 0 saturated heterocycles. The summed E-state index contributed by atoms with van der Waals surface area (Å²) in [5.41, 5.74) is 0.747. The monoisotopic (exact) mass is 363 g/mol. The fourth-order valence-corrected chi connectivity index (χ4v) is 2.88. The maximum Gasteiger partial charge on any atom is 0.420 e. The minimum absolute atomic E-state index is 0.346. The molecule has 0 heterocycles. The van der Waals surface area contributed by atoms with Gasteiger partial charge in [-0.3, -0.25) is 0 Å². The molecule has 144 valence electrons. The minimum Gasteiger partial charge on any atom is -0.497 e. The SMILES string of the molecule is COc1ccc2c(c1)CC(N(C(=O)OC(C)(C)C)C(=O)OC(C)(C)C)C2. The quantitative estimate of drug-likeness (QED) is 0.782. The summed E-state index contributed by atoms with van der Waals surface area (Å²) in [6.45, 7) is 10.6. The third-order valence-electron chi connectivity index (χ3n) is 3.87. The number of carbonyl (C=O) groups excluding carboxylic acids is 2. The van der Waals surface area contributed by atoms with E-state index in [1.807, 2.05) is 18.2 Å². The Balaban J connectivity index is 2.27. The Morgan fingerprint density at radius 3 is 1.88 bits per heavy atom. The summed E-state index contributed by atoms with van der Waals surface area (Å²) in [6, 6.07) is 5.45. The number of carbonyl (C=O) groups is 2. The van der Waals surface area contributed by atoms with Crippen molar-refractivity contribution in [2.75, 3.05) is 7.11 Å². The molecule has 1 aliphatic rings. The summed E-state index contributed by atoms with van der Waals surface area (Å²) in [6.07, 6.45) is -0.254. The molecular formula is C20H29NO5. The molecule has 0 fully saturated rings. The zero-order valence-corrected chi connectivity index (χ0v) is 16.7. The molecule has 1 atom stereocenters. The Hall–Kier alpha value is -2.24. The van der Waals surface area contributed by atoms with E-state index in [-0.39, 0.29) is 6.04 Å². The summed E-state index contributed by atoms with van der Waals surface area (Å²) in [4.78, 5) is 26.6. The van der Waals surface area contributed by atoms with E-state index in [0.717, 1.165) is 21.8 Å². The average Bonchev–Trinajstić information content (AvgIpc) is 2.85. The number of benzene rings is 1. The van der Waals surface area contributed by atoms with Gasteiger partial charge in [0.25, 0.3) is 0 Å². The molecule has 2 rings (SSSR count). The van der Waals surface area contributed by atoms with Gasteiger partial charge < -0.3 is 14.2 Å². The Labute approximate surface area is 155 Å². The van der Waals surface area contributed by atoms with E-state index in [1.165, 1.54) is 0 Å². The molecule has 0 spiro atoms. The number of amides is 2. The Kier molecular flexibility index (Phi) is 5.54.